The molecule has 7 rings (SSSR count). The molecule has 0 radical (unpaired) electrons. The van der Waals surface area contributed by atoms with Crippen LogP contribution in [-0.2, 0) is 64.9 Å². The zero-order chi connectivity index (χ0) is 55.8. The number of nitrogen functional groups attached to an aromatic ring is 2. The molecule has 2 aromatic heterocycles. The molecule has 0 unspecified atom stereocenters. The minimum Gasteiger partial charge on any atom is -0.399 e. The van der Waals surface area contributed by atoms with Gasteiger partial charge in [0.1, 0.15) is 0 Å². The van der Waals surface area contributed by atoms with Gasteiger partial charge in [0.2, 0.25) is 40.1 Å². The lowest BCUT2D eigenvalue weighted by molar-refractivity contribution is 0.261. The van der Waals surface area contributed by atoms with Crippen molar-refractivity contribution in [2.45, 2.75) is 72.1 Å². The molecule has 0 fully saturated rings. The van der Waals surface area contributed by atoms with Crippen LogP contribution in [0.3, 0.4) is 0 Å². The molecule has 6 N–H and O–H groups in total. The van der Waals surface area contributed by atoms with Crippen LogP contribution in [0.2, 0.25) is 0 Å². The number of benzene rings is 4. The second-order valence-corrected chi connectivity index (χ2v) is 26.3. The van der Waals surface area contributed by atoms with Crippen molar-refractivity contribution in [1.82, 2.24) is 37.8 Å². The van der Waals surface area contributed by atoms with Crippen molar-refractivity contribution >= 4 is 74.7 Å². The molecule has 76 heavy (non-hydrogen) atoms. The maximum absolute atomic E-state index is 13.5. The molecule has 4 aromatic carbocycles. The molecule has 0 amide bonds. The number of nitrogens with two attached hydrogens (primary N) is 2. The fraction of sp³-hybridized carbons (Fsp3) is 0.346. The summed E-state index contributed by atoms with van der Waals surface area (Å²) < 4.78 is 111. The average Bonchev–Trinajstić information content (AvgIpc) is 3.36. The van der Waals surface area contributed by atoms with Crippen LogP contribution in [0.5, 0.6) is 0 Å². The molecule has 0 saturated carbocycles. The first-order chi connectivity index (χ1) is 35.8. The predicted molar refractivity (Wildman–Crippen MR) is 302 cm³/mol. The Labute approximate surface area is 459 Å². The number of hydrogen-bond donors (Lipinski definition) is 4. The van der Waals surface area contributed by atoms with E-state index in [4.69, 9.17) is 34.7 Å². The Balaban J connectivity index is 0.000000240. The van der Waals surface area contributed by atoms with Crippen molar-refractivity contribution < 1.29 is 33.7 Å². The summed E-state index contributed by atoms with van der Waals surface area (Å²) in [5.74, 6) is 0.740. The fourth-order valence-electron chi connectivity index (χ4n) is 7.43. The molecule has 1 aliphatic heterocycles. The number of nitrogens with one attached hydrogen (secondary N) is 2. The second kappa shape index (κ2) is 28.0. The van der Waals surface area contributed by atoms with Gasteiger partial charge in [0.15, 0.2) is 0 Å². The standard InChI is InChI=1S/C26H33N5O4S2.C19H27N3O4S2.C7H8Cl2N2/c1-20-4-8-25(9-5-20)36(32,33)30-14-12-29(3)13-15-31(19-24-17-22(27)16-23(18-30)28-24)37(34,35)26-10-6-21(2)7-11-26;1-16-4-8-18(9-5-16)27(23,24)20-12-14-22(3)15-13-21-28(25,26)19-10-6-17(2)7-11-19;8-3-6-1-5(10)2-7(4-9)11-6/h4-11,16-17H,12-15,18-19H2,1-3H3,(H2,27,28);4-11,20-21H,12-15H2,1-3H3;1-2H,3-4H2,(H2,10,11). The monoisotopic (exact) mass is 1160 g/mol. The van der Waals surface area contributed by atoms with Crippen LogP contribution in [0.15, 0.2) is 141 Å². The molecule has 1 aliphatic rings. The van der Waals surface area contributed by atoms with E-state index in [2.05, 4.69) is 19.4 Å². The summed E-state index contributed by atoms with van der Waals surface area (Å²) >= 11 is 11.1. The quantitative estimate of drug-likeness (QED) is 0.0784. The molecule has 6 aromatic rings. The summed E-state index contributed by atoms with van der Waals surface area (Å²) in [6.07, 6.45) is 0. The van der Waals surface area contributed by atoms with E-state index >= 15 is 0 Å². The van der Waals surface area contributed by atoms with Gasteiger partial charge in [-0.25, -0.2) is 43.1 Å². The van der Waals surface area contributed by atoms with Gasteiger partial charge in [-0.1, -0.05) is 70.8 Å². The highest BCUT2D eigenvalue weighted by molar-refractivity contribution is 7.90. The van der Waals surface area contributed by atoms with Crippen LogP contribution in [0.25, 0.3) is 0 Å². The Morgan fingerprint density at radius 3 is 1.14 bits per heavy atom. The van der Waals surface area contributed by atoms with Gasteiger partial charge in [-0.3, -0.25) is 9.97 Å². The lowest BCUT2D eigenvalue weighted by Gasteiger charge is -2.29. The second-order valence-electron chi connectivity index (χ2n) is 18.4. The van der Waals surface area contributed by atoms with Gasteiger partial charge in [0.05, 0.1) is 67.2 Å². The van der Waals surface area contributed by atoms with Crippen LogP contribution in [-0.4, -0.2) is 129 Å². The number of hydrogen-bond acceptors (Lipinski definition) is 14. The number of anilines is 2. The Morgan fingerprint density at radius 1 is 0.500 bits per heavy atom. The van der Waals surface area contributed by atoms with Crippen molar-refractivity contribution in [3.63, 3.8) is 0 Å². The van der Waals surface area contributed by atoms with Gasteiger partial charge in [-0.05, 0) is 115 Å². The summed E-state index contributed by atoms with van der Waals surface area (Å²) in [5.41, 5.74) is 19.1. The van der Waals surface area contributed by atoms with Gasteiger partial charge < -0.3 is 21.3 Å². The molecule has 0 atom stereocenters. The van der Waals surface area contributed by atoms with E-state index < -0.39 is 40.1 Å². The van der Waals surface area contributed by atoms with E-state index in [1.54, 1.807) is 128 Å². The van der Waals surface area contributed by atoms with Gasteiger partial charge in [-0.2, -0.15) is 8.61 Å². The number of fused-ring (bicyclic) bond motifs is 2. The lowest BCUT2D eigenvalue weighted by Crippen LogP contribution is -2.42. The number of likely N-dealkylation sites (N-methyl/N-ethyl adjacent to an activating group) is 2. The highest BCUT2D eigenvalue weighted by Crippen LogP contribution is 2.24. The van der Waals surface area contributed by atoms with Crippen molar-refractivity contribution in [2.24, 2.45) is 0 Å². The molecular weight excluding hydrogens is 1090 g/mol. The minimum atomic E-state index is -3.79. The maximum atomic E-state index is 13.5. The average molecular weight is 1160 g/mol. The molecule has 24 heteroatoms. The van der Waals surface area contributed by atoms with Crippen LogP contribution in [0.1, 0.15) is 45.0 Å². The summed E-state index contributed by atoms with van der Waals surface area (Å²) in [4.78, 5) is 13.4. The molecule has 2 bridgehead atoms. The van der Waals surface area contributed by atoms with E-state index in [0.29, 0.717) is 60.7 Å². The zero-order valence-corrected chi connectivity index (χ0v) is 48.3. The highest BCUT2D eigenvalue weighted by atomic mass is 35.5. The zero-order valence-electron chi connectivity index (χ0n) is 43.5. The normalized spacial score (nSPS) is 14.4. The van der Waals surface area contributed by atoms with Crippen molar-refractivity contribution in [3.05, 3.63) is 166 Å². The third-order valence-corrected chi connectivity index (χ3v) is 19.1. The summed E-state index contributed by atoms with van der Waals surface area (Å²) in [5, 5.41) is 0. The smallest absolute Gasteiger partial charge is 0.243 e. The van der Waals surface area contributed by atoms with E-state index in [1.165, 1.54) is 8.61 Å². The Hall–Kier alpha value is -5.08. The van der Waals surface area contributed by atoms with Crippen molar-refractivity contribution in [1.29, 1.82) is 0 Å². The first-order valence-corrected chi connectivity index (χ1v) is 31.0. The maximum Gasteiger partial charge on any atom is 0.243 e. The number of rotatable bonds is 16. The SMILES string of the molecule is Cc1ccc(S(=O)(=O)N2CCN(C)CCN(S(=O)(=O)c3ccc(C)cc3)Cc3cc(N)cc(n3)C2)cc1.Cc1ccc(S(=O)(=O)NCCN(C)CCNS(=O)(=O)c2ccc(C)cc2)cc1.Nc1cc(CCl)nc(CCl)c1. The summed E-state index contributed by atoms with van der Waals surface area (Å²) in [6, 6.07) is 33.6. The third-order valence-electron chi connectivity index (χ3n) is 11.9. The number of aryl methyl sites for hydroxylation is 4. The number of pyridine rings is 2. The van der Waals surface area contributed by atoms with E-state index in [9.17, 15) is 33.7 Å². The molecule has 3 heterocycles. The first kappa shape index (κ1) is 61.8. The van der Waals surface area contributed by atoms with Crippen LogP contribution >= 0.6 is 23.2 Å². The van der Waals surface area contributed by atoms with E-state index in [-0.39, 0.29) is 58.9 Å². The molecule has 412 valence electrons. The predicted octanol–water partition coefficient (Wildman–Crippen LogP) is 6.24. The van der Waals surface area contributed by atoms with Crippen molar-refractivity contribution in [2.75, 3.05) is 77.9 Å². The molecule has 0 saturated heterocycles. The Kier molecular flexibility index (Phi) is 22.8. The van der Waals surface area contributed by atoms with Gasteiger partial charge in [0, 0.05) is 63.7 Å². The fourth-order valence-corrected chi connectivity index (χ4v) is 12.6. The number of sulfonamides is 4. The number of halogens is 2. The van der Waals surface area contributed by atoms with Crippen LogP contribution in [0, 0.1) is 27.7 Å². The topological polar surface area (TPSA) is 251 Å². The van der Waals surface area contributed by atoms with Crippen molar-refractivity contribution in [3.8, 4) is 0 Å². The van der Waals surface area contributed by atoms with Gasteiger partial charge >= 0.3 is 0 Å². The highest BCUT2D eigenvalue weighted by Gasteiger charge is 2.29. The molecule has 0 spiro atoms. The van der Waals surface area contributed by atoms with E-state index in [0.717, 1.165) is 33.6 Å². The minimum absolute atomic E-state index is 0.0206. The largest absolute Gasteiger partial charge is 0.399 e. The van der Waals surface area contributed by atoms with E-state index in [1.807, 2.05) is 44.5 Å². The summed E-state index contributed by atoms with van der Waals surface area (Å²) in [6.45, 7) is 10.3. The van der Waals surface area contributed by atoms with Crippen LogP contribution < -0.4 is 20.9 Å². The Morgan fingerprint density at radius 2 is 0.816 bits per heavy atom. The first-order valence-electron chi connectivity index (χ1n) is 24.1. The molecular formula is C52H68Cl2N10O8S4. The Bertz CT molecular complexity index is 3100. The number of aromatic nitrogens is 2. The lowest BCUT2D eigenvalue weighted by atomic mass is 10.2. The number of nitrogens with zero attached hydrogens (tertiary/aromatic N) is 6. The third kappa shape index (κ3) is 18.5. The van der Waals surface area contributed by atoms with Gasteiger partial charge in [0.25, 0.3) is 0 Å². The summed E-state index contributed by atoms with van der Waals surface area (Å²) in [7, 11) is -11.0. The molecule has 18 nitrogen and oxygen atoms in total. The van der Waals surface area contributed by atoms with Gasteiger partial charge in [-0.15, -0.1) is 23.2 Å². The molecule has 0 aliphatic carbocycles. The number of alkyl halides is 2. The van der Waals surface area contributed by atoms with Crippen LogP contribution in [0.4, 0.5) is 11.4 Å².